The Kier molecular flexibility index (Phi) is 4.39. The fourth-order valence-corrected chi connectivity index (χ4v) is 4.05. The van der Waals surface area contributed by atoms with E-state index in [-0.39, 0.29) is 11.7 Å². The van der Waals surface area contributed by atoms with Crippen molar-refractivity contribution in [3.05, 3.63) is 40.7 Å². The standard InChI is InChI=1S/C17H20FN5OS/c1-12-16(25-20-19-12)17(24)23-10-15(11-23)22-8-6-21(7-9-22)14-4-2-13(18)3-5-14/h2-5,15H,6-11H2,1H3. The number of halogens is 1. The highest BCUT2D eigenvalue weighted by Gasteiger charge is 2.37. The van der Waals surface area contributed by atoms with Crippen LogP contribution in [-0.4, -0.2) is 70.6 Å². The van der Waals surface area contributed by atoms with Crippen LogP contribution in [0.3, 0.4) is 0 Å². The first-order chi connectivity index (χ1) is 12.1. The van der Waals surface area contributed by atoms with Gasteiger partial charge in [0.15, 0.2) is 0 Å². The van der Waals surface area contributed by atoms with E-state index in [0.717, 1.165) is 45.0 Å². The van der Waals surface area contributed by atoms with E-state index in [1.165, 1.54) is 23.7 Å². The summed E-state index contributed by atoms with van der Waals surface area (Å²) in [4.78, 5) is 19.7. The van der Waals surface area contributed by atoms with E-state index in [1.807, 2.05) is 24.0 Å². The zero-order valence-corrected chi connectivity index (χ0v) is 14.9. The van der Waals surface area contributed by atoms with Gasteiger partial charge in [0, 0.05) is 51.0 Å². The van der Waals surface area contributed by atoms with Gasteiger partial charge < -0.3 is 9.80 Å². The van der Waals surface area contributed by atoms with Crippen LogP contribution in [0.1, 0.15) is 15.4 Å². The zero-order valence-electron chi connectivity index (χ0n) is 14.1. The molecule has 0 bridgehead atoms. The maximum absolute atomic E-state index is 13.0. The average Bonchev–Trinajstić information content (AvgIpc) is 3.01. The number of aromatic nitrogens is 2. The Labute approximate surface area is 150 Å². The van der Waals surface area contributed by atoms with E-state index in [4.69, 9.17) is 0 Å². The lowest BCUT2D eigenvalue weighted by atomic mass is 10.1. The summed E-state index contributed by atoms with van der Waals surface area (Å²) in [6.07, 6.45) is 0. The van der Waals surface area contributed by atoms with Crippen molar-refractivity contribution in [1.82, 2.24) is 19.4 Å². The minimum atomic E-state index is -0.201. The first-order valence-electron chi connectivity index (χ1n) is 8.44. The summed E-state index contributed by atoms with van der Waals surface area (Å²) in [6, 6.07) is 7.11. The van der Waals surface area contributed by atoms with E-state index in [0.29, 0.717) is 16.6 Å². The van der Waals surface area contributed by atoms with Crippen molar-refractivity contribution in [3.63, 3.8) is 0 Å². The largest absolute Gasteiger partial charge is 0.369 e. The SMILES string of the molecule is Cc1nnsc1C(=O)N1CC(N2CCN(c3ccc(F)cc3)CC2)C1. The topological polar surface area (TPSA) is 52.6 Å². The van der Waals surface area contributed by atoms with Crippen LogP contribution in [0, 0.1) is 12.7 Å². The molecule has 2 aliphatic rings. The molecule has 4 rings (SSSR count). The summed E-state index contributed by atoms with van der Waals surface area (Å²) in [5.41, 5.74) is 1.78. The Morgan fingerprint density at radius 2 is 1.84 bits per heavy atom. The molecule has 1 aromatic carbocycles. The van der Waals surface area contributed by atoms with E-state index in [2.05, 4.69) is 19.4 Å². The molecule has 0 radical (unpaired) electrons. The average molecular weight is 361 g/mol. The molecule has 132 valence electrons. The molecular weight excluding hydrogens is 341 g/mol. The summed E-state index contributed by atoms with van der Waals surface area (Å²) in [5.74, 6) is -0.151. The van der Waals surface area contributed by atoms with Crippen LogP contribution < -0.4 is 4.90 Å². The number of hydrogen-bond donors (Lipinski definition) is 0. The molecule has 2 aliphatic heterocycles. The van der Waals surface area contributed by atoms with Gasteiger partial charge in [-0.25, -0.2) is 4.39 Å². The van der Waals surface area contributed by atoms with Crippen molar-refractivity contribution in [2.45, 2.75) is 13.0 Å². The molecule has 6 nitrogen and oxygen atoms in total. The Bertz CT molecular complexity index is 751. The third-order valence-corrected chi connectivity index (χ3v) is 5.83. The smallest absolute Gasteiger partial charge is 0.267 e. The van der Waals surface area contributed by atoms with Crippen LogP contribution in [-0.2, 0) is 0 Å². The molecule has 0 aliphatic carbocycles. The summed E-state index contributed by atoms with van der Waals surface area (Å²) in [6.45, 7) is 7.14. The van der Waals surface area contributed by atoms with Crippen LogP contribution in [0.5, 0.6) is 0 Å². The van der Waals surface area contributed by atoms with Crippen molar-refractivity contribution in [2.24, 2.45) is 0 Å². The molecule has 1 amide bonds. The third-order valence-electron chi connectivity index (χ3n) is 5.02. The van der Waals surface area contributed by atoms with Gasteiger partial charge in [-0.2, -0.15) is 0 Å². The number of amides is 1. The van der Waals surface area contributed by atoms with Crippen molar-refractivity contribution < 1.29 is 9.18 Å². The normalized spacial score (nSPS) is 19.1. The minimum Gasteiger partial charge on any atom is -0.369 e. The molecule has 8 heteroatoms. The Morgan fingerprint density at radius 3 is 2.44 bits per heavy atom. The van der Waals surface area contributed by atoms with Gasteiger partial charge in [-0.3, -0.25) is 9.69 Å². The lowest BCUT2D eigenvalue weighted by molar-refractivity contribution is 0.0250. The molecule has 2 saturated heterocycles. The molecular formula is C17H20FN5OS. The maximum Gasteiger partial charge on any atom is 0.267 e. The highest BCUT2D eigenvalue weighted by molar-refractivity contribution is 7.07. The fraction of sp³-hybridized carbons (Fsp3) is 0.471. The first-order valence-corrected chi connectivity index (χ1v) is 9.22. The minimum absolute atomic E-state index is 0.0497. The van der Waals surface area contributed by atoms with Crippen LogP contribution in [0.15, 0.2) is 24.3 Å². The van der Waals surface area contributed by atoms with Gasteiger partial charge in [-0.15, -0.1) is 5.10 Å². The van der Waals surface area contributed by atoms with E-state index < -0.39 is 0 Å². The molecule has 0 unspecified atom stereocenters. The zero-order chi connectivity index (χ0) is 17.4. The fourth-order valence-electron chi connectivity index (χ4n) is 3.42. The predicted molar refractivity (Wildman–Crippen MR) is 94.5 cm³/mol. The number of hydrogen-bond acceptors (Lipinski definition) is 6. The molecule has 25 heavy (non-hydrogen) atoms. The second kappa shape index (κ2) is 6.68. The number of aryl methyl sites for hydroxylation is 1. The van der Waals surface area contributed by atoms with Crippen LogP contribution in [0.25, 0.3) is 0 Å². The summed E-state index contributed by atoms with van der Waals surface area (Å²) < 4.78 is 16.9. The Hall–Kier alpha value is -2.06. The van der Waals surface area contributed by atoms with E-state index in [9.17, 15) is 9.18 Å². The highest BCUT2D eigenvalue weighted by Crippen LogP contribution is 2.23. The predicted octanol–water partition coefficient (Wildman–Crippen LogP) is 1.63. The van der Waals surface area contributed by atoms with Crippen molar-refractivity contribution in [2.75, 3.05) is 44.2 Å². The molecule has 2 aromatic rings. The molecule has 0 atom stereocenters. The number of nitrogens with zero attached hydrogens (tertiary/aromatic N) is 5. The number of carbonyl (C=O) groups is 1. The van der Waals surface area contributed by atoms with Gasteiger partial charge in [0.2, 0.25) is 0 Å². The summed E-state index contributed by atoms with van der Waals surface area (Å²) in [5, 5.41) is 3.91. The molecule has 0 N–H and O–H groups in total. The molecule has 3 heterocycles. The number of benzene rings is 1. The molecule has 1 aromatic heterocycles. The second-order valence-corrected chi connectivity index (χ2v) is 7.30. The van der Waals surface area contributed by atoms with Gasteiger partial charge in [-0.1, -0.05) is 4.49 Å². The van der Waals surface area contributed by atoms with Gasteiger partial charge in [0.05, 0.1) is 5.69 Å². The van der Waals surface area contributed by atoms with Gasteiger partial charge in [0.1, 0.15) is 10.7 Å². The van der Waals surface area contributed by atoms with Crippen LogP contribution in [0.2, 0.25) is 0 Å². The first kappa shape index (κ1) is 16.4. The Morgan fingerprint density at radius 1 is 1.16 bits per heavy atom. The second-order valence-electron chi connectivity index (χ2n) is 6.55. The summed E-state index contributed by atoms with van der Waals surface area (Å²) >= 11 is 1.17. The lowest BCUT2D eigenvalue weighted by Crippen LogP contribution is -2.64. The number of likely N-dealkylation sites (tertiary alicyclic amines) is 1. The summed E-state index contributed by atoms with van der Waals surface area (Å²) in [7, 11) is 0. The quantitative estimate of drug-likeness (QED) is 0.832. The van der Waals surface area contributed by atoms with E-state index >= 15 is 0 Å². The van der Waals surface area contributed by atoms with Crippen molar-refractivity contribution in [3.8, 4) is 0 Å². The monoisotopic (exact) mass is 361 g/mol. The van der Waals surface area contributed by atoms with Crippen LogP contribution in [0.4, 0.5) is 10.1 Å². The van der Waals surface area contributed by atoms with Gasteiger partial charge in [0.25, 0.3) is 5.91 Å². The van der Waals surface area contributed by atoms with Crippen molar-refractivity contribution in [1.29, 1.82) is 0 Å². The van der Waals surface area contributed by atoms with E-state index in [1.54, 1.807) is 0 Å². The molecule has 0 saturated carbocycles. The number of rotatable bonds is 3. The number of carbonyl (C=O) groups excluding carboxylic acids is 1. The highest BCUT2D eigenvalue weighted by atomic mass is 32.1. The van der Waals surface area contributed by atoms with Crippen molar-refractivity contribution >= 4 is 23.1 Å². The van der Waals surface area contributed by atoms with Gasteiger partial charge in [-0.05, 0) is 42.7 Å². The van der Waals surface area contributed by atoms with Crippen LogP contribution >= 0.6 is 11.5 Å². The van der Waals surface area contributed by atoms with Gasteiger partial charge >= 0.3 is 0 Å². The Balaban J connectivity index is 1.28. The maximum atomic E-state index is 13.0. The number of anilines is 1. The lowest BCUT2D eigenvalue weighted by Gasteiger charge is -2.48. The molecule has 2 fully saturated rings. The molecule has 0 spiro atoms. The third kappa shape index (κ3) is 3.23. The number of piperazine rings is 1.